The van der Waals surface area contributed by atoms with Crippen LogP contribution >= 0.6 is 9.39 Å². The van der Waals surface area contributed by atoms with Gasteiger partial charge >= 0.3 is 0 Å². The third-order valence-electron chi connectivity index (χ3n) is 4.77. The molecule has 0 amide bonds. The number of likely N-dealkylation sites (N-methyl/N-ethyl adjacent to an activating group) is 1. The van der Waals surface area contributed by atoms with Crippen LogP contribution in [0.15, 0.2) is 49.0 Å². The molecule has 27 heavy (non-hydrogen) atoms. The van der Waals surface area contributed by atoms with Crippen LogP contribution in [0, 0.1) is 4.91 Å². The number of methoxy groups -OCH3 is 1. The molecule has 0 aliphatic carbocycles. The summed E-state index contributed by atoms with van der Waals surface area (Å²) in [6, 6.07) is 13.5. The van der Waals surface area contributed by atoms with Crippen LogP contribution in [-0.2, 0) is 0 Å². The molecule has 0 radical (unpaired) electrons. The molecular weight excluding hydrogens is 359 g/mol. The van der Waals surface area contributed by atoms with E-state index in [2.05, 4.69) is 38.1 Å². The molecule has 1 aliphatic rings. The summed E-state index contributed by atoms with van der Waals surface area (Å²) in [6.45, 7) is 7.92. The summed E-state index contributed by atoms with van der Waals surface area (Å²) >= 11 is 0. The first-order chi connectivity index (χ1) is 13.0. The molecule has 2 aromatic carbocycles. The van der Waals surface area contributed by atoms with Gasteiger partial charge in [-0.1, -0.05) is 18.7 Å². The predicted octanol–water partition coefficient (Wildman–Crippen LogP) is 3.73. The van der Waals surface area contributed by atoms with Crippen LogP contribution in [-0.4, -0.2) is 49.8 Å². The van der Waals surface area contributed by atoms with E-state index in [-0.39, 0.29) is 0 Å². The molecule has 1 unspecified atom stereocenters. The van der Waals surface area contributed by atoms with Gasteiger partial charge in [-0.15, -0.1) is 0 Å². The highest BCUT2D eigenvalue weighted by atomic mass is 31.0. The fourth-order valence-electron chi connectivity index (χ4n) is 3.15. The monoisotopic (exact) mass is 385 g/mol. The molecule has 0 spiro atoms. The minimum Gasteiger partial charge on any atom is -0.497 e. The van der Waals surface area contributed by atoms with Crippen molar-refractivity contribution in [2.75, 3.05) is 50.6 Å². The lowest BCUT2D eigenvalue weighted by atomic mass is 10.1. The third-order valence-corrected chi connectivity index (χ3v) is 5.05. The van der Waals surface area contributed by atoms with Crippen molar-refractivity contribution >= 4 is 32.1 Å². The Labute approximate surface area is 162 Å². The first-order valence-electron chi connectivity index (χ1n) is 8.88. The summed E-state index contributed by atoms with van der Waals surface area (Å²) in [5.74, 6) is 0.773. The zero-order valence-electron chi connectivity index (χ0n) is 15.8. The van der Waals surface area contributed by atoms with Gasteiger partial charge in [-0.3, -0.25) is 0 Å². The van der Waals surface area contributed by atoms with E-state index in [9.17, 15) is 4.91 Å². The van der Waals surface area contributed by atoms with E-state index in [1.54, 1.807) is 7.11 Å². The number of ether oxygens (including phenoxy) is 1. The number of hydrogen-bond donors (Lipinski definition) is 1. The Balaban J connectivity index is 1.82. The molecule has 1 atom stereocenters. The summed E-state index contributed by atoms with van der Waals surface area (Å²) in [5.41, 5.74) is 4.05. The van der Waals surface area contributed by atoms with Crippen LogP contribution in [0.2, 0.25) is 0 Å². The second-order valence-corrected chi connectivity index (χ2v) is 7.12. The molecule has 1 fully saturated rings. The zero-order chi connectivity index (χ0) is 19.4. The number of anilines is 2. The molecule has 1 heterocycles. The van der Waals surface area contributed by atoms with Gasteiger partial charge in [0.05, 0.1) is 7.11 Å². The molecule has 2 aromatic rings. The van der Waals surface area contributed by atoms with E-state index in [1.807, 2.05) is 42.5 Å². The Morgan fingerprint density at radius 1 is 1.19 bits per heavy atom. The van der Waals surface area contributed by atoms with Crippen molar-refractivity contribution in [1.29, 1.82) is 0 Å². The van der Waals surface area contributed by atoms with E-state index in [4.69, 9.17) is 4.74 Å². The summed E-state index contributed by atoms with van der Waals surface area (Å²) in [5, 5.41) is 3.28. The first kappa shape index (κ1) is 19.3. The first-order valence-corrected chi connectivity index (χ1v) is 9.39. The molecule has 7 heteroatoms. The van der Waals surface area contributed by atoms with Gasteiger partial charge in [0, 0.05) is 64.7 Å². The van der Waals surface area contributed by atoms with Crippen molar-refractivity contribution in [3.8, 4) is 5.75 Å². The van der Waals surface area contributed by atoms with E-state index >= 15 is 0 Å². The molecule has 3 rings (SSSR count). The summed E-state index contributed by atoms with van der Waals surface area (Å²) in [4.78, 5) is 16.7. The van der Waals surface area contributed by atoms with Crippen molar-refractivity contribution in [2.24, 2.45) is 0 Å². The smallest absolute Gasteiger partial charge is 0.280 e. The van der Waals surface area contributed by atoms with Crippen LogP contribution in [0.4, 0.5) is 17.1 Å². The molecule has 142 valence electrons. The molecule has 0 aromatic heterocycles. The van der Waals surface area contributed by atoms with Crippen molar-refractivity contribution < 1.29 is 9.27 Å². The quantitative estimate of drug-likeness (QED) is 0.768. The Bertz CT molecular complexity index is 848. The molecule has 1 aliphatic heterocycles. The molecule has 1 N–H and O–H groups in total. The van der Waals surface area contributed by atoms with Gasteiger partial charge in [0.25, 0.3) is 5.69 Å². The van der Waals surface area contributed by atoms with E-state index < -0.39 is 0 Å². The molecular formula is C20H26N4O2P+. The number of nitrogens with zero attached hydrogens (tertiary/aromatic N) is 3. The number of hydrogen-bond acceptors (Lipinski definition) is 5. The van der Waals surface area contributed by atoms with Gasteiger partial charge in [0.2, 0.25) is 9.39 Å². The topological polar surface area (TPSA) is 47.8 Å². The maximum atomic E-state index is 12.2. The van der Waals surface area contributed by atoms with Crippen molar-refractivity contribution in [3.05, 3.63) is 59.5 Å². The molecule has 0 saturated carbocycles. The SMILES string of the molecule is C=C(Nc1cccc(OC)c1)c1ccc(N2CCN(C)CC2)c([N+](=O)P)c1. The van der Waals surface area contributed by atoms with E-state index in [1.165, 1.54) is 0 Å². The van der Waals surface area contributed by atoms with Gasteiger partial charge < -0.3 is 19.9 Å². The normalized spacial score (nSPS) is 14.7. The maximum Gasteiger partial charge on any atom is 0.280 e. The molecule has 1 saturated heterocycles. The number of piperazine rings is 1. The maximum absolute atomic E-state index is 12.2. The van der Waals surface area contributed by atoms with Crippen LogP contribution in [0.25, 0.3) is 5.70 Å². The van der Waals surface area contributed by atoms with Gasteiger partial charge in [-0.05, 0) is 25.2 Å². The van der Waals surface area contributed by atoms with Crippen LogP contribution in [0.1, 0.15) is 5.56 Å². The second kappa shape index (κ2) is 8.51. The zero-order valence-corrected chi connectivity index (χ0v) is 17.0. The largest absolute Gasteiger partial charge is 0.497 e. The van der Waals surface area contributed by atoms with Crippen molar-refractivity contribution in [2.45, 2.75) is 0 Å². The van der Waals surface area contributed by atoms with Crippen LogP contribution in [0.5, 0.6) is 5.75 Å². The van der Waals surface area contributed by atoms with Crippen LogP contribution in [0.3, 0.4) is 0 Å². The molecule has 0 bridgehead atoms. The summed E-state index contributed by atoms with van der Waals surface area (Å²) in [7, 11) is 5.97. The Morgan fingerprint density at radius 3 is 2.59 bits per heavy atom. The number of rotatable bonds is 6. The predicted molar refractivity (Wildman–Crippen MR) is 115 cm³/mol. The number of nitrogens with one attached hydrogen (secondary N) is 1. The number of benzene rings is 2. The van der Waals surface area contributed by atoms with Crippen molar-refractivity contribution in [1.82, 2.24) is 4.90 Å². The Kier molecular flexibility index (Phi) is 6.09. The fourth-order valence-corrected chi connectivity index (χ4v) is 3.36. The lowest BCUT2D eigenvalue weighted by molar-refractivity contribution is -0.268. The lowest BCUT2D eigenvalue weighted by Gasteiger charge is -2.33. The highest BCUT2D eigenvalue weighted by molar-refractivity contribution is 7.08. The summed E-state index contributed by atoms with van der Waals surface area (Å²) in [6.07, 6.45) is 0. The second-order valence-electron chi connectivity index (χ2n) is 6.66. The van der Waals surface area contributed by atoms with Gasteiger partial charge in [0.1, 0.15) is 11.4 Å². The number of nitroso groups, excluding NO2 is 1. The highest BCUT2D eigenvalue weighted by Crippen LogP contribution is 2.34. The minimum atomic E-state index is 0.621. The Hall–Kier alpha value is -2.43. The fraction of sp³-hybridized carbons (Fsp3) is 0.300. The van der Waals surface area contributed by atoms with Crippen molar-refractivity contribution in [3.63, 3.8) is 0 Å². The highest BCUT2D eigenvalue weighted by Gasteiger charge is 2.24. The van der Waals surface area contributed by atoms with Gasteiger partial charge in [-0.25, -0.2) is 0 Å². The van der Waals surface area contributed by atoms with Gasteiger partial charge in [0.15, 0.2) is 0 Å². The lowest BCUT2D eigenvalue weighted by Crippen LogP contribution is -2.44. The minimum absolute atomic E-state index is 0.621. The average Bonchev–Trinajstić information content (AvgIpc) is 2.68. The third kappa shape index (κ3) is 4.65. The van der Waals surface area contributed by atoms with E-state index in [0.29, 0.717) is 5.69 Å². The standard InChI is InChI=1S/C20H26N4O2P/c1-15(21-17-5-4-6-18(14-17)26-3)16-7-8-19(20(13-16)24(25)27)23-11-9-22(2)10-12-23/h4-8,13-14,21H,1,9-12,27H2,2-3H3/q+1. The van der Waals surface area contributed by atoms with Gasteiger partial charge in [-0.2, -0.15) is 0 Å². The van der Waals surface area contributed by atoms with Crippen LogP contribution < -0.4 is 15.0 Å². The Morgan fingerprint density at radius 2 is 1.93 bits per heavy atom. The van der Waals surface area contributed by atoms with E-state index in [0.717, 1.165) is 59.1 Å². The summed E-state index contributed by atoms with van der Waals surface area (Å²) < 4.78 is 6.10. The average molecular weight is 385 g/mol. The molecule has 6 nitrogen and oxygen atoms in total.